The van der Waals surface area contributed by atoms with Gasteiger partial charge in [0.15, 0.2) is 6.23 Å². The summed E-state index contributed by atoms with van der Waals surface area (Å²) in [5.74, 6) is -2.85. The molecule has 1 aromatic heterocycles. The molecule has 8 N–H and O–H groups in total. The van der Waals surface area contributed by atoms with Gasteiger partial charge in [0.25, 0.3) is 5.91 Å². The molecule has 13 heteroatoms. The normalized spacial score (nSPS) is 27.0. The lowest BCUT2D eigenvalue weighted by molar-refractivity contribution is -0.152. The molecule has 1 aliphatic heterocycles. The Morgan fingerprint density at radius 1 is 1.32 bits per heavy atom. The summed E-state index contributed by atoms with van der Waals surface area (Å²) in [5.41, 5.74) is 15.4. The van der Waals surface area contributed by atoms with Gasteiger partial charge in [0, 0.05) is 0 Å². The maximum absolute atomic E-state index is 11.6. The number of carbonyl (C=O) groups is 3. The van der Waals surface area contributed by atoms with E-state index in [-0.39, 0.29) is 5.82 Å². The molecule has 0 bridgehead atoms. The number of carbonyl (C=O) groups excluding carboxylic acids is 3. The van der Waals surface area contributed by atoms with E-state index in [2.05, 4.69) is 10.1 Å². The predicted molar refractivity (Wildman–Crippen MR) is 77.2 cm³/mol. The highest BCUT2D eigenvalue weighted by atomic mass is 16.6. The van der Waals surface area contributed by atoms with E-state index < -0.39 is 61.4 Å². The highest BCUT2D eigenvalue weighted by Crippen LogP contribution is 2.29. The molecular weight excluding hydrogens is 340 g/mol. The second kappa shape index (κ2) is 7.52. The van der Waals surface area contributed by atoms with Gasteiger partial charge in [0.05, 0.1) is 6.42 Å². The van der Waals surface area contributed by atoms with Crippen LogP contribution in [0, 0.1) is 0 Å². The fraction of sp³-hybridized carbons (Fsp3) is 0.583. The van der Waals surface area contributed by atoms with Crippen molar-refractivity contribution in [3.05, 3.63) is 12.2 Å². The topological polar surface area (TPSA) is 219 Å². The van der Waals surface area contributed by atoms with E-state index in [1.54, 1.807) is 0 Å². The van der Waals surface area contributed by atoms with Crippen LogP contribution in [-0.2, 0) is 19.1 Å². The summed E-state index contributed by atoms with van der Waals surface area (Å²) in [6.07, 6.45) is -4.40. The smallest absolute Gasteiger partial charge is 0.323 e. The number of aliphatic hydroxyl groups excluding tert-OH is 2. The summed E-state index contributed by atoms with van der Waals surface area (Å²) in [6.45, 7) is -0.433. The fourth-order valence-corrected chi connectivity index (χ4v) is 2.17. The molecule has 138 valence electrons. The van der Waals surface area contributed by atoms with Crippen molar-refractivity contribution in [2.24, 2.45) is 17.2 Å². The van der Waals surface area contributed by atoms with E-state index in [0.717, 1.165) is 11.0 Å². The molecule has 0 unspecified atom stereocenters. The number of hydrogen-bond donors (Lipinski definition) is 5. The number of rotatable bonds is 7. The first kappa shape index (κ1) is 18.7. The molecule has 1 aromatic rings. The van der Waals surface area contributed by atoms with Gasteiger partial charge in [-0.05, 0) is 0 Å². The second-order valence-corrected chi connectivity index (χ2v) is 5.37. The molecule has 13 nitrogen and oxygen atoms in total. The van der Waals surface area contributed by atoms with Crippen LogP contribution < -0.4 is 17.2 Å². The molecule has 5 atom stereocenters. The number of primary amides is 2. The zero-order chi connectivity index (χ0) is 18.7. The Kier molecular flexibility index (Phi) is 5.63. The molecular formula is C12H18N6O7. The molecule has 0 aliphatic carbocycles. The van der Waals surface area contributed by atoms with Crippen molar-refractivity contribution in [3.8, 4) is 0 Å². The van der Waals surface area contributed by atoms with Crippen LogP contribution in [0.1, 0.15) is 23.3 Å². The Labute approximate surface area is 140 Å². The molecule has 0 aromatic carbocycles. The number of aliphatic hydroxyl groups is 2. The van der Waals surface area contributed by atoms with Crippen LogP contribution in [-0.4, -0.2) is 73.7 Å². The minimum Gasteiger partial charge on any atom is -0.462 e. The summed E-state index contributed by atoms with van der Waals surface area (Å²) >= 11 is 0. The van der Waals surface area contributed by atoms with Crippen LogP contribution in [0.4, 0.5) is 0 Å². The standard InChI is InChI=1S/C12H18N6O7/c13-4(1-6(14)19)12(23)24-2-5-7(20)8(21)11(25-5)18-3-16-10(17-18)9(15)22/h3-5,7-8,11,20-21H,1-2,13H2,(H2,14,19)(H2,15,22)/t4-,5+,7+,8+,11+/m0/s1. The Morgan fingerprint density at radius 2 is 2.00 bits per heavy atom. The summed E-state index contributed by atoms with van der Waals surface area (Å²) in [6, 6.07) is -1.25. The molecule has 2 amide bonds. The number of aromatic nitrogens is 3. The number of esters is 1. The first-order valence-corrected chi connectivity index (χ1v) is 7.13. The van der Waals surface area contributed by atoms with Crippen molar-refractivity contribution >= 4 is 17.8 Å². The number of hydrogen-bond acceptors (Lipinski definition) is 10. The van der Waals surface area contributed by atoms with Gasteiger partial charge in [-0.2, -0.15) is 0 Å². The van der Waals surface area contributed by atoms with Crippen LogP contribution >= 0.6 is 0 Å². The van der Waals surface area contributed by atoms with Crippen LogP contribution in [0.5, 0.6) is 0 Å². The van der Waals surface area contributed by atoms with Gasteiger partial charge in [0.2, 0.25) is 11.7 Å². The molecule has 0 spiro atoms. The zero-order valence-electron chi connectivity index (χ0n) is 12.9. The Hall–Kier alpha value is -2.61. The Balaban J connectivity index is 1.96. The average molecular weight is 358 g/mol. The van der Waals surface area contributed by atoms with Gasteiger partial charge in [-0.15, -0.1) is 5.10 Å². The lowest BCUT2D eigenvalue weighted by Crippen LogP contribution is -2.39. The number of nitrogens with two attached hydrogens (primary N) is 3. The van der Waals surface area contributed by atoms with Crippen molar-refractivity contribution in [3.63, 3.8) is 0 Å². The van der Waals surface area contributed by atoms with Crippen molar-refractivity contribution in [2.75, 3.05) is 6.61 Å². The third-order valence-electron chi connectivity index (χ3n) is 3.44. The minimum absolute atomic E-state index is 0.294. The van der Waals surface area contributed by atoms with E-state index in [1.807, 2.05) is 0 Å². The van der Waals surface area contributed by atoms with Crippen LogP contribution in [0.25, 0.3) is 0 Å². The fourth-order valence-electron chi connectivity index (χ4n) is 2.17. The first-order valence-electron chi connectivity index (χ1n) is 7.13. The van der Waals surface area contributed by atoms with Gasteiger partial charge in [-0.3, -0.25) is 14.4 Å². The highest BCUT2D eigenvalue weighted by Gasteiger charge is 2.45. The Bertz CT molecular complexity index is 664. The summed E-state index contributed by atoms with van der Waals surface area (Å²) in [4.78, 5) is 36.9. The lowest BCUT2D eigenvalue weighted by Gasteiger charge is -2.16. The van der Waals surface area contributed by atoms with Crippen LogP contribution in [0.3, 0.4) is 0 Å². The number of amides is 2. The monoisotopic (exact) mass is 358 g/mol. The molecule has 0 radical (unpaired) electrons. The first-order chi connectivity index (χ1) is 11.7. The third-order valence-corrected chi connectivity index (χ3v) is 3.44. The number of nitrogens with zero attached hydrogens (tertiary/aromatic N) is 3. The highest BCUT2D eigenvalue weighted by molar-refractivity contribution is 5.88. The average Bonchev–Trinajstić information content (AvgIpc) is 3.11. The summed E-state index contributed by atoms with van der Waals surface area (Å²) in [5, 5.41) is 23.7. The van der Waals surface area contributed by atoms with Crippen molar-refractivity contribution in [1.82, 2.24) is 14.8 Å². The lowest BCUT2D eigenvalue weighted by atomic mass is 10.1. The van der Waals surface area contributed by atoms with E-state index in [1.165, 1.54) is 0 Å². The van der Waals surface area contributed by atoms with Crippen LogP contribution in [0.15, 0.2) is 6.33 Å². The maximum atomic E-state index is 11.6. The molecule has 1 fully saturated rings. The van der Waals surface area contributed by atoms with Crippen LogP contribution in [0.2, 0.25) is 0 Å². The van der Waals surface area contributed by atoms with Crippen molar-refractivity contribution < 1.29 is 34.1 Å². The van der Waals surface area contributed by atoms with Gasteiger partial charge in [-0.25, -0.2) is 9.67 Å². The van der Waals surface area contributed by atoms with Gasteiger partial charge in [-0.1, -0.05) is 0 Å². The summed E-state index contributed by atoms with van der Waals surface area (Å²) < 4.78 is 11.2. The molecule has 1 aliphatic rings. The largest absolute Gasteiger partial charge is 0.462 e. The third kappa shape index (κ3) is 4.27. The van der Waals surface area contributed by atoms with E-state index in [0.29, 0.717) is 0 Å². The molecule has 25 heavy (non-hydrogen) atoms. The second-order valence-electron chi connectivity index (χ2n) is 5.37. The predicted octanol–water partition coefficient (Wildman–Crippen LogP) is -4.26. The molecule has 1 saturated heterocycles. The molecule has 2 heterocycles. The van der Waals surface area contributed by atoms with Crippen molar-refractivity contribution in [1.29, 1.82) is 0 Å². The van der Waals surface area contributed by atoms with E-state index in [9.17, 15) is 24.6 Å². The molecule has 2 rings (SSSR count). The van der Waals surface area contributed by atoms with E-state index >= 15 is 0 Å². The van der Waals surface area contributed by atoms with Gasteiger partial charge in [0.1, 0.15) is 37.3 Å². The SMILES string of the molecule is NC(=O)C[C@H](N)C(=O)OC[C@H]1O[C@@H](n2cnc(C(N)=O)n2)[C@H](O)[C@@H]1O. The number of ether oxygens (including phenoxy) is 2. The summed E-state index contributed by atoms with van der Waals surface area (Å²) in [7, 11) is 0. The Morgan fingerprint density at radius 3 is 2.56 bits per heavy atom. The van der Waals surface area contributed by atoms with Gasteiger partial charge < -0.3 is 36.9 Å². The minimum atomic E-state index is -1.43. The maximum Gasteiger partial charge on any atom is 0.323 e. The van der Waals surface area contributed by atoms with E-state index in [4.69, 9.17) is 26.7 Å². The van der Waals surface area contributed by atoms with Gasteiger partial charge >= 0.3 is 5.97 Å². The zero-order valence-corrected chi connectivity index (χ0v) is 12.9. The quantitative estimate of drug-likeness (QED) is 0.295. The molecule has 0 saturated carbocycles. The van der Waals surface area contributed by atoms with Crippen molar-refractivity contribution in [2.45, 2.75) is 37.0 Å².